The molecule has 0 unspecified atom stereocenters. The molecule has 0 amide bonds. The van der Waals surface area contributed by atoms with Crippen LogP contribution in [-0.4, -0.2) is 15.4 Å². The summed E-state index contributed by atoms with van der Waals surface area (Å²) in [5, 5.41) is 9.26. The van der Waals surface area contributed by atoms with Crippen LogP contribution in [0.1, 0.15) is 17.0 Å². The minimum atomic E-state index is 0.497. The monoisotopic (exact) mass is 295 g/mol. The fraction of sp³-hybridized carbons (Fsp3) is 0.176. The van der Waals surface area contributed by atoms with E-state index >= 15 is 0 Å². The molecular formula is C17H14ClN3. The number of alkyl halides is 1. The highest BCUT2D eigenvalue weighted by molar-refractivity contribution is 6.18. The zero-order valence-corrected chi connectivity index (χ0v) is 12.4. The smallest absolute Gasteiger partial charge is 0.115 e. The number of para-hydroxylation sites is 1. The summed E-state index contributed by atoms with van der Waals surface area (Å²) in [7, 11) is 0. The van der Waals surface area contributed by atoms with Gasteiger partial charge in [0.2, 0.25) is 0 Å². The highest BCUT2D eigenvalue weighted by atomic mass is 35.5. The number of benzene rings is 2. The fourth-order valence-electron chi connectivity index (χ4n) is 2.54. The Morgan fingerprint density at radius 2 is 2.05 bits per heavy atom. The van der Waals surface area contributed by atoms with Crippen molar-refractivity contribution in [2.75, 3.05) is 5.88 Å². The van der Waals surface area contributed by atoms with Crippen LogP contribution in [0.3, 0.4) is 0 Å². The first-order valence-corrected chi connectivity index (χ1v) is 7.31. The van der Waals surface area contributed by atoms with Crippen molar-refractivity contribution >= 4 is 22.6 Å². The molecule has 0 saturated carbocycles. The van der Waals surface area contributed by atoms with Crippen molar-refractivity contribution in [2.45, 2.75) is 13.3 Å². The largest absolute Gasteiger partial charge is 0.296 e. The maximum atomic E-state index is 9.26. The van der Waals surface area contributed by atoms with Gasteiger partial charge in [-0.2, -0.15) is 5.26 Å². The van der Waals surface area contributed by atoms with Crippen LogP contribution in [0.25, 0.3) is 16.7 Å². The van der Waals surface area contributed by atoms with E-state index in [4.69, 9.17) is 11.6 Å². The lowest BCUT2D eigenvalue weighted by atomic mass is 10.2. The third-order valence-corrected chi connectivity index (χ3v) is 3.64. The van der Waals surface area contributed by atoms with Gasteiger partial charge < -0.3 is 0 Å². The van der Waals surface area contributed by atoms with E-state index in [9.17, 15) is 5.26 Å². The molecule has 0 N–H and O–H groups in total. The van der Waals surface area contributed by atoms with Gasteiger partial charge in [-0.15, -0.1) is 11.6 Å². The van der Waals surface area contributed by atoms with Gasteiger partial charge in [-0.1, -0.05) is 18.2 Å². The lowest BCUT2D eigenvalue weighted by molar-refractivity contribution is 0.911. The molecule has 0 radical (unpaired) electrons. The Balaban J connectivity index is 2.34. The summed E-state index contributed by atoms with van der Waals surface area (Å²) in [6.07, 6.45) is 0.662. The summed E-state index contributed by atoms with van der Waals surface area (Å²) in [5.74, 6) is 1.38. The molecule has 21 heavy (non-hydrogen) atoms. The van der Waals surface area contributed by atoms with E-state index in [2.05, 4.69) is 34.7 Å². The Morgan fingerprint density at radius 1 is 1.24 bits per heavy atom. The first kappa shape index (κ1) is 13.7. The van der Waals surface area contributed by atoms with Gasteiger partial charge in [-0.25, -0.2) is 4.98 Å². The molecule has 3 nitrogen and oxygen atoms in total. The van der Waals surface area contributed by atoms with Crippen LogP contribution < -0.4 is 0 Å². The van der Waals surface area contributed by atoms with Crippen molar-refractivity contribution in [3.8, 4) is 11.8 Å². The van der Waals surface area contributed by atoms with Gasteiger partial charge in [-0.05, 0) is 36.8 Å². The molecule has 0 aliphatic carbocycles. The van der Waals surface area contributed by atoms with Crippen molar-refractivity contribution in [3.63, 3.8) is 0 Å². The zero-order valence-electron chi connectivity index (χ0n) is 11.7. The van der Waals surface area contributed by atoms with Crippen LogP contribution in [-0.2, 0) is 6.42 Å². The van der Waals surface area contributed by atoms with E-state index in [0.29, 0.717) is 17.9 Å². The number of nitriles is 1. The van der Waals surface area contributed by atoms with Gasteiger partial charge in [0.15, 0.2) is 0 Å². The summed E-state index contributed by atoms with van der Waals surface area (Å²) in [6.45, 7) is 2.06. The van der Waals surface area contributed by atoms with Gasteiger partial charge in [0.05, 0.1) is 11.1 Å². The Hall–Kier alpha value is -2.31. The van der Waals surface area contributed by atoms with Gasteiger partial charge >= 0.3 is 0 Å². The quantitative estimate of drug-likeness (QED) is 0.686. The van der Waals surface area contributed by atoms with Gasteiger partial charge in [0, 0.05) is 18.0 Å². The summed E-state index contributed by atoms with van der Waals surface area (Å²) in [4.78, 5) is 4.64. The number of fused-ring (bicyclic) bond motifs is 1. The highest BCUT2D eigenvalue weighted by Gasteiger charge is 2.14. The van der Waals surface area contributed by atoms with Crippen molar-refractivity contribution in [2.24, 2.45) is 0 Å². The van der Waals surface area contributed by atoms with Crippen LogP contribution in [0.2, 0.25) is 0 Å². The normalized spacial score (nSPS) is 10.7. The molecular weight excluding hydrogens is 282 g/mol. The third kappa shape index (κ3) is 2.39. The third-order valence-electron chi connectivity index (χ3n) is 3.45. The fourth-order valence-corrected chi connectivity index (χ4v) is 2.71. The first-order valence-electron chi connectivity index (χ1n) is 6.78. The molecule has 0 aliphatic rings. The van der Waals surface area contributed by atoms with Gasteiger partial charge in [0.25, 0.3) is 0 Å². The van der Waals surface area contributed by atoms with Crippen LogP contribution >= 0.6 is 11.6 Å². The first-order chi connectivity index (χ1) is 10.2. The SMILES string of the molecule is Cc1cccc(-n2c(CCCl)nc3c(C#N)cccc32)c1. The molecule has 0 bridgehead atoms. The Bertz CT molecular complexity index is 843. The van der Waals surface area contributed by atoms with E-state index in [-0.39, 0.29) is 0 Å². The predicted molar refractivity (Wildman–Crippen MR) is 84.9 cm³/mol. The molecule has 3 aromatic rings. The maximum Gasteiger partial charge on any atom is 0.115 e. The van der Waals surface area contributed by atoms with Crippen LogP contribution in [0.4, 0.5) is 0 Å². The number of imidazole rings is 1. The molecule has 0 saturated heterocycles. The molecule has 3 rings (SSSR count). The second kappa shape index (κ2) is 5.59. The Labute approximate surface area is 128 Å². The average Bonchev–Trinajstić information content (AvgIpc) is 2.85. The summed E-state index contributed by atoms with van der Waals surface area (Å²) in [6, 6.07) is 16.1. The van der Waals surface area contributed by atoms with E-state index < -0.39 is 0 Å². The molecule has 4 heteroatoms. The highest BCUT2D eigenvalue weighted by Crippen LogP contribution is 2.25. The average molecular weight is 296 g/mol. The molecule has 1 aromatic heterocycles. The molecule has 0 spiro atoms. The van der Waals surface area contributed by atoms with Crippen molar-refractivity contribution in [3.05, 3.63) is 59.4 Å². The molecule has 1 heterocycles. The van der Waals surface area contributed by atoms with E-state index in [1.165, 1.54) is 5.56 Å². The van der Waals surface area contributed by atoms with E-state index in [0.717, 1.165) is 22.5 Å². The summed E-state index contributed by atoms with van der Waals surface area (Å²) < 4.78 is 2.09. The standard InChI is InChI=1S/C17H14ClN3/c1-12-4-2-6-14(10-12)21-15-7-3-5-13(11-19)17(15)20-16(21)8-9-18/h2-7,10H,8-9H2,1H3. The molecule has 0 fully saturated rings. The second-order valence-electron chi connectivity index (χ2n) is 4.93. The number of halogens is 1. The molecule has 2 aromatic carbocycles. The van der Waals surface area contributed by atoms with E-state index in [1.807, 2.05) is 24.3 Å². The van der Waals surface area contributed by atoms with Gasteiger partial charge in [-0.3, -0.25) is 4.57 Å². The maximum absolute atomic E-state index is 9.26. The lowest BCUT2D eigenvalue weighted by Gasteiger charge is -2.09. The molecule has 104 valence electrons. The van der Waals surface area contributed by atoms with Gasteiger partial charge in [0.1, 0.15) is 17.4 Å². The number of nitrogens with zero attached hydrogens (tertiary/aromatic N) is 3. The molecule has 0 aliphatic heterocycles. The summed E-state index contributed by atoms with van der Waals surface area (Å²) >= 11 is 5.91. The topological polar surface area (TPSA) is 41.6 Å². The van der Waals surface area contributed by atoms with Crippen molar-refractivity contribution < 1.29 is 0 Å². The summed E-state index contributed by atoms with van der Waals surface area (Å²) in [5.41, 5.74) is 4.51. The number of rotatable bonds is 3. The van der Waals surface area contributed by atoms with Crippen LogP contribution in [0.5, 0.6) is 0 Å². The van der Waals surface area contributed by atoms with Crippen LogP contribution in [0.15, 0.2) is 42.5 Å². The van der Waals surface area contributed by atoms with Crippen molar-refractivity contribution in [1.29, 1.82) is 5.26 Å². The number of aromatic nitrogens is 2. The second-order valence-corrected chi connectivity index (χ2v) is 5.30. The number of hydrogen-bond donors (Lipinski definition) is 0. The van der Waals surface area contributed by atoms with Crippen LogP contribution in [0, 0.1) is 18.3 Å². The Morgan fingerprint density at radius 3 is 2.76 bits per heavy atom. The number of hydrogen-bond acceptors (Lipinski definition) is 2. The minimum absolute atomic E-state index is 0.497. The lowest BCUT2D eigenvalue weighted by Crippen LogP contribution is -2.02. The van der Waals surface area contributed by atoms with Crippen molar-refractivity contribution in [1.82, 2.24) is 9.55 Å². The zero-order chi connectivity index (χ0) is 14.8. The minimum Gasteiger partial charge on any atom is -0.296 e. The van der Waals surface area contributed by atoms with E-state index in [1.54, 1.807) is 6.07 Å². The Kier molecular flexibility index (Phi) is 3.64. The number of aryl methyl sites for hydroxylation is 2. The molecule has 0 atom stereocenters. The predicted octanol–water partition coefficient (Wildman–Crippen LogP) is 3.99.